The van der Waals surface area contributed by atoms with E-state index in [0.29, 0.717) is 11.1 Å². The molecule has 3 rings (SSSR count). The highest BCUT2D eigenvalue weighted by atomic mass is 32.1. The second-order valence-electron chi connectivity index (χ2n) is 5.54. The maximum atomic E-state index is 13.2. The van der Waals surface area contributed by atoms with Gasteiger partial charge in [-0.05, 0) is 53.4 Å². The standard InChI is InChI=1S/C20H16FNO3S/c1-25-20(24)15-6-4-14(5-7-15)19(23)22-18(17-3-2-12-26-17)13-8-10-16(21)11-9-13/h2-12,18H,1H3,(H,22,23). The van der Waals surface area contributed by atoms with E-state index < -0.39 is 5.97 Å². The minimum absolute atomic E-state index is 0.288. The average Bonchev–Trinajstić information content (AvgIpc) is 3.20. The van der Waals surface area contributed by atoms with Crippen molar-refractivity contribution < 1.29 is 18.7 Å². The molecule has 0 saturated carbocycles. The number of thiophene rings is 1. The molecule has 0 aliphatic heterocycles. The first-order valence-corrected chi connectivity index (χ1v) is 8.74. The molecular weight excluding hydrogens is 353 g/mol. The molecule has 0 aliphatic rings. The van der Waals surface area contributed by atoms with E-state index in [1.807, 2.05) is 17.5 Å². The van der Waals surface area contributed by atoms with Crippen molar-refractivity contribution >= 4 is 23.2 Å². The molecule has 3 aromatic rings. The van der Waals surface area contributed by atoms with Crippen LogP contribution in [0.3, 0.4) is 0 Å². The van der Waals surface area contributed by atoms with Crippen molar-refractivity contribution in [3.63, 3.8) is 0 Å². The first kappa shape index (κ1) is 17.8. The third-order valence-electron chi connectivity index (χ3n) is 3.87. The van der Waals surface area contributed by atoms with Gasteiger partial charge in [-0.15, -0.1) is 11.3 Å². The highest BCUT2D eigenvalue weighted by Gasteiger charge is 2.19. The van der Waals surface area contributed by atoms with Crippen molar-refractivity contribution in [2.45, 2.75) is 6.04 Å². The van der Waals surface area contributed by atoms with Crippen LogP contribution >= 0.6 is 11.3 Å². The van der Waals surface area contributed by atoms with Gasteiger partial charge in [0.1, 0.15) is 5.82 Å². The summed E-state index contributed by atoms with van der Waals surface area (Å²) in [7, 11) is 1.30. The van der Waals surface area contributed by atoms with Crippen LogP contribution in [0.5, 0.6) is 0 Å². The van der Waals surface area contributed by atoms with E-state index >= 15 is 0 Å². The Morgan fingerprint density at radius 2 is 1.65 bits per heavy atom. The van der Waals surface area contributed by atoms with Gasteiger partial charge in [0.05, 0.1) is 18.7 Å². The first-order chi connectivity index (χ1) is 12.6. The molecule has 0 bridgehead atoms. The summed E-state index contributed by atoms with van der Waals surface area (Å²) in [6.45, 7) is 0. The molecule has 1 amide bonds. The van der Waals surface area contributed by atoms with Crippen LogP contribution in [0.1, 0.15) is 37.2 Å². The maximum Gasteiger partial charge on any atom is 0.337 e. The average molecular weight is 369 g/mol. The van der Waals surface area contributed by atoms with Gasteiger partial charge in [0.25, 0.3) is 5.91 Å². The van der Waals surface area contributed by atoms with E-state index in [-0.39, 0.29) is 17.8 Å². The van der Waals surface area contributed by atoms with Crippen molar-refractivity contribution in [1.29, 1.82) is 0 Å². The number of rotatable bonds is 5. The fourth-order valence-corrected chi connectivity index (χ4v) is 3.32. The summed E-state index contributed by atoms with van der Waals surface area (Å²) in [5.74, 6) is -1.08. The van der Waals surface area contributed by atoms with Crippen LogP contribution in [-0.4, -0.2) is 19.0 Å². The summed E-state index contributed by atoms with van der Waals surface area (Å²) in [6, 6.07) is 15.7. The molecule has 0 aliphatic carbocycles. The number of hydrogen-bond donors (Lipinski definition) is 1. The lowest BCUT2D eigenvalue weighted by Gasteiger charge is -2.18. The Morgan fingerprint density at radius 3 is 2.23 bits per heavy atom. The number of methoxy groups -OCH3 is 1. The molecule has 1 unspecified atom stereocenters. The van der Waals surface area contributed by atoms with Crippen LogP contribution in [0.25, 0.3) is 0 Å². The molecule has 1 aromatic heterocycles. The molecule has 1 heterocycles. The molecular formula is C20H16FNO3S. The molecule has 132 valence electrons. The van der Waals surface area contributed by atoms with Crippen LogP contribution < -0.4 is 5.32 Å². The summed E-state index contributed by atoms with van der Waals surface area (Å²) in [4.78, 5) is 25.1. The van der Waals surface area contributed by atoms with Gasteiger partial charge in [-0.25, -0.2) is 9.18 Å². The van der Waals surface area contributed by atoms with E-state index in [2.05, 4.69) is 10.1 Å². The van der Waals surface area contributed by atoms with Crippen molar-refractivity contribution in [3.8, 4) is 0 Å². The molecule has 0 saturated heterocycles. The third-order valence-corrected chi connectivity index (χ3v) is 4.81. The highest BCUT2D eigenvalue weighted by Crippen LogP contribution is 2.26. The summed E-state index contributed by atoms with van der Waals surface area (Å²) in [5, 5.41) is 4.89. The first-order valence-electron chi connectivity index (χ1n) is 7.86. The molecule has 4 nitrogen and oxygen atoms in total. The van der Waals surface area contributed by atoms with Crippen LogP contribution in [0.2, 0.25) is 0 Å². The predicted octanol–water partition coefficient (Wildman–Crippen LogP) is 4.19. The van der Waals surface area contributed by atoms with Crippen molar-refractivity contribution in [3.05, 3.63) is 93.4 Å². The van der Waals surface area contributed by atoms with Gasteiger partial charge < -0.3 is 10.1 Å². The number of carbonyl (C=O) groups is 2. The quantitative estimate of drug-likeness (QED) is 0.686. The molecule has 1 atom stereocenters. The van der Waals surface area contributed by atoms with Crippen LogP contribution in [0.4, 0.5) is 4.39 Å². The Kier molecular flexibility index (Phi) is 5.43. The van der Waals surface area contributed by atoms with Crippen molar-refractivity contribution in [2.24, 2.45) is 0 Å². The number of carbonyl (C=O) groups excluding carboxylic acids is 2. The number of halogens is 1. The van der Waals surface area contributed by atoms with Crippen LogP contribution in [0, 0.1) is 5.82 Å². The number of amides is 1. The SMILES string of the molecule is COC(=O)c1ccc(C(=O)NC(c2ccc(F)cc2)c2cccs2)cc1. The molecule has 1 N–H and O–H groups in total. The molecule has 26 heavy (non-hydrogen) atoms. The minimum Gasteiger partial charge on any atom is -0.465 e. The molecule has 2 aromatic carbocycles. The Morgan fingerprint density at radius 1 is 1.00 bits per heavy atom. The van der Waals surface area contributed by atoms with Gasteiger partial charge >= 0.3 is 5.97 Å². The van der Waals surface area contributed by atoms with E-state index in [1.165, 1.54) is 30.6 Å². The van der Waals surface area contributed by atoms with Crippen LogP contribution in [-0.2, 0) is 4.74 Å². The Balaban J connectivity index is 1.83. The van der Waals surface area contributed by atoms with Crippen LogP contribution in [0.15, 0.2) is 66.0 Å². The van der Waals surface area contributed by atoms with Gasteiger partial charge in [-0.3, -0.25) is 4.79 Å². The lowest BCUT2D eigenvalue weighted by molar-refractivity contribution is 0.0600. The fraction of sp³-hybridized carbons (Fsp3) is 0.100. The summed E-state index contributed by atoms with van der Waals surface area (Å²) in [5.41, 5.74) is 1.58. The van der Waals surface area contributed by atoms with E-state index in [9.17, 15) is 14.0 Å². The number of hydrogen-bond acceptors (Lipinski definition) is 4. The zero-order valence-electron chi connectivity index (χ0n) is 13.9. The Hall–Kier alpha value is -2.99. The normalized spacial score (nSPS) is 11.6. The summed E-state index contributed by atoms with van der Waals surface area (Å²) < 4.78 is 17.9. The zero-order valence-corrected chi connectivity index (χ0v) is 14.8. The van der Waals surface area contributed by atoms with E-state index in [0.717, 1.165) is 10.4 Å². The minimum atomic E-state index is -0.459. The third kappa shape index (κ3) is 3.97. The largest absolute Gasteiger partial charge is 0.465 e. The summed E-state index contributed by atoms with van der Waals surface area (Å²) >= 11 is 1.51. The topological polar surface area (TPSA) is 55.4 Å². The predicted molar refractivity (Wildman–Crippen MR) is 97.8 cm³/mol. The van der Waals surface area contributed by atoms with Gasteiger partial charge in [-0.2, -0.15) is 0 Å². The maximum absolute atomic E-state index is 13.2. The van der Waals surface area contributed by atoms with Gasteiger partial charge in [0, 0.05) is 10.4 Å². The lowest BCUT2D eigenvalue weighted by Crippen LogP contribution is -2.28. The van der Waals surface area contributed by atoms with Crippen molar-refractivity contribution in [2.75, 3.05) is 7.11 Å². The highest BCUT2D eigenvalue weighted by molar-refractivity contribution is 7.10. The number of esters is 1. The smallest absolute Gasteiger partial charge is 0.337 e. The Labute approximate surface area is 154 Å². The van der Waals surface area contributed by atoms with Gasteiger partial charge in [0.15, 0.2) is 0 Å². The summed E-state index contributed by atoms with van der Waals surface area (Å²) in [6.07, 6.45) is 0. The monoisotopic (exact) mass is 369 g/mol. The number of ether oxygens (including phenoxy) is 1. The van der Waals surface area contributed by atoms with Gasteiger partial charge in [-0.1, -0.05) is 18.2 Å². The molecule has 0 fully saturated rings. The molecule has 0 spiro atoms. The second-order valence-corrected chi connectivity index (χ2v) is 6.52. The molecule has 0 radical (unpaired) electrons. The van der Waals surface area contributed by atoms with Crippen molar-refractivity contribution in [1.82, 2.24) is 5.32 Å². The number of benzene rings is 2. The van der Waals surface area contributed by atoms with E-state index in [4.69, 9.17) is 0 Å². The lowest BCUT2D eigenvalue weighted by atomic mass is 10.0. The fourth-order valence-electron chi connectivity index (χ4n) is 2.52. The van der Waals surface area contributed by atoms with Gasteiger partial charge in [0.2, 0.25) is 0 Å². The molecule has 6 heteroatoms. The number of nitrogens with one attached hydrogen (secondary N) is 1. The zero-order chi connectivity index (χ0) is 18.5. The Bertz CT molecular complexity index is 890. The van der Waals surface area contributed by atoms with E-state index in [1.54, 1.807) is 36.4 Å². The second kappa shape index (κ2) is 7.93.